The molecule has 1 N–H and O–H groups in total. The van der Waals surface area contributed by atoms with Gasteiger partial charge in [-0.1, -0.05) is 48.0 Å². The lowest BCUT2D eigenvalue weighted by Gasteiger charge is -2.24. The summed E-state index contributed by atoms with van der Waals surface area (Å²) in [5.74, 6) is 0.324. The van der Waals surface area contributed by atoms with E-state index < -0.39 is 11.9 Å². The Morgan fingerprint density at radius 3 is 2.43 bits per heavy atom. The van der Waals surface area contributed by atoms with Gasteiger partial charge in [-0.2, -0.15) is 0 Å². The number of aryl methyl sites for hydroxylation is 1. The molecule has 2 aromatic carbocycles. The third-order valence-corrected chi connectivity index (χ3v) is 4.72. The molecular formula is C24H26N2O4. The van der Waals surface area contributed by atoms with Gasteiger partial charge in [0.05, 0.1) is 12.8 Å². The first-order valence-electron chi connectivity index (χ1n) is 9.85. The SMILES string of the molecule is Cc1ccc(OCCN(C)C(=O)[C@H](Cc2ccccc2)NC(=O)c2ccco2)cc1. The van der Waals surface area contributed by atoms with Gasteiger partial charge in [-0.15, -0.1) is 0 Å². The van der Waals surface area contributed by atoms with Gasteiger partial charge in [0, 0.05) is 13.5 Å². The number of likely N-dealkylation sites (N-methyl/N-ethyl adjacent to an activating group) is 1. The second-order valence-electron chi connectivity index (χ2n) is 7.11. The first-order chi connectivity index (χ1) is 14.5. The van der Waals surface area contributed by atoms with Crippen molar-refractivity contribution in [3.63, 3.8) is 0 Å². The minimum Gasteiger partial charge on any atom is -0.492 e. The number of amides is 2. The number of ether oxygens (including phenoxy) is 1. The molecule has 3 rings (SSSR count). The van der Waals surface area contributed by atoms with Gasteiger partial charge in [0.25, 0.3) is 5.91 Å². The maximum Gasteiger partial charge on any atom is 0.287 e. The van der Waals surface area contributed by atoms with Crippen LogP contribution in [0.5, 0.6) is 5.75 Å². The van der Waals surface area contributed by atoms with Crippen LogP contribution in [-0.4, -0.2) is 43.0 Å². The van der Waals surface area contributed by atoms with Crippen molar-refractivity contribution in [3.8, 4) is 5.75 Å². The Morgan fingerprint density at radius 2 is 1.77 bits per heavy atom. The fraction of sp³-hybridized carbons (Fsp3) is 0.250. The fourth-order valence-electron chi connectivity index (χ4n) is 3.00. The maximum atomic E-state index is 13.1. The van der Waals surface area contributed by atoms with Gasteiger partial charge in [0.2, 0.25) is 5.91 Å². The number of hydrogen-bond donors (Lipinski definition) is 1. The summed E-state index contributed by atoms with van der Waals surface area (Å²) in [4.78, 5) is 27.1. The number of carbonyl (C=O) groups excluding carboxylic acids is 2. The van der Waals surface area contributed by atoms with E-state index in [2.05, 4.69) is 5.32 Å². The molecule has 0 saturated carbocycles. The molecule has 3 aromatic rings. The number of benzene rings is 2. The molecule has 2 amide bonds. The van der Waals surface area contributed by atoms with E-state index >= 15 is 0 Å². The fourth-order valence-corrected chi connectivity index (χ4v) is 3.00. The van der Waals surface area contributed by atoms with Crippen molar-refractivity contribution in [2.75, 3.05) is 20.2 Å². The molecule has 6 nitrogen and oxygen atoms in total. The Balaban J connectivity index is 1.62. The zero-order chi connectivity index (χ0) is 21.3. The molecular weight excluding hydrogens is 380 g/mol. The van der Waals surface area contributed by atoms with Crippen LogP contribution < -0.4 is 10.1 Å². The Bertz CT molecular complexity index is 937. The summed E-state index contributed by atoms with van der Waals surface area (Å²) in [5, 5.41) is 2.80. The van der Waals surface area contributed by atoms with Crippen LogP contribution in [0.4, 0.5) is 0 Å². The Labute approximate surface area is 176 Å². The van der Waals surface area contributed by atoms with E-state index in [1.165, 1.54) is 6.26 Å². The smallest absolute Gasteiger partial charge is 0.287 e. The summed E-state index contributed by atoms with van der Waals surface area (Å²) in [6.45, 7) is 2.77. The highest BCUT2D eigenvalue weighted by molar-refractivity contribution is 5.95. The molecule has 0 fully saturated rings. The third kappa shape index (κ3) is 5.98. The molecule has 0 unspecified atom stereocenters. The monoisotopic (exact) mass is 406 g/mol. The predicted molar refractivity (Wildman–Crippen MR) is 114 cm³/mol. The number of hydrogen-bond acceptors (Lipinski definition) is 4. The molecule has 156 valence electrons. The van der Waals surface area contributed by atoms with Gasteiger partial charge < -0.3 is 19.4 Å². The summed E-state index contributed by atoms with van der Waals surface area (Å²) in [5.41, 5.74) is 2.12. The molecule has 0 aliphatic carbocycles. The first kappa shape index (κ1) is 21.2. The summed E-state index contributed by atoms with van der Waals surface area (Å²) in [7, 11) is 1.71. The number of rotatable bonds is 9. The van der Waals surface area contributed by atoms with E-state index in [-0.39, 0.29) is 11.7 Å². The van der Waals surface area contributed by atoms with Crippen molar-refractivity contribution in [1.29, 1.82) is 0 Å². The number of furan rings is 1. The predicted octanol–water partition coefficient (Wildman–Crippen LogP) is 3.47. The van der Waals surface area contributed by atoms with Crippen molar-refractivity contribution in [3.05, 3.63) is 89.9 Å². The number of carbonyl (C=O) groups is 2. The summed E-state index contributed by atoms with van der Waals surface area (Å²) in [6.07, 6.45) is 1.81. The van der Waals surface area contributed by atoms with E-state index in [0.717, 1.165) is 16.9 Å². The molecule has 1 atom stereocenters. The van der Waals surface area contributed by atoms with Crippen LogP contribution in [0.15, 0.2) is 77.4 Å². The molecule has 0 bridgehead atoms. The average molecular weight is 406 g/mol. The zero-order valence-electron chi connectivity index (χ0n) is 17.2. The first-order valence-corrected chi connectivity index (χ1v) is 9.85. The Hall–Kier alpha value is -3.54. The molecule has 0 spiro atoms. The quantitative estimate of drug-likeness (QED) is 0.591. The Morgan fingerprint density at radius 1 is 1.03 bits per heavy atom. The highest BCUT2D eigenvalue weighted by Gasteiger charge is 2.25. The molecule has 0 aliphatic heterocycles. The molecule has 30 heavy (non-hydrogen) atoms. The van der Waals surface area contributed by atoms with Crippen LogP contribution in [0, 0.1) is 6.92 Å². The van der Waals surface area contributed by atoms with Crippen LogP contribution in [-0.2, 0) is 11.2 Å². The topological polar surface area (TPSA) is 71.8 Å². The second kappa shape index (κ2) is 10.3. The molecule has 1 heterocycles. The highest BCUT2D eigenvalue weighted by Crippen LogP contribution is 2.12. The summed E-state index contributed by atoms with van der Waals surface area (Å²) >= 11 is 0. The molecule has 0 saturated heterocycles. The van der Waals surface area contributed by atoms with Crippen molar-refractivity contribution < 1.29 is 18.7 Å². The van der Waals surface area contributed by atoms with E-state index in [1.807, 2.05) is 61.5 Å². The lowest BCUT2D eigenvalue weighted by Crippen LogP contribution is -2.49. The highest BCUT2D eigenvalue weighted by atomic mass is 16.5. The molecule has 1 aromatic heterocycles. The van der Waals surface area contributed by atoms with E-state index in [0.29, 0.717) is 19.6 Å². The number of nitrogens with zero attached hydrogens (tertiary/aromatic N) is 1. The summed E-state index contributed by atoms with van der Waals surface area (Å²) in [6, 6.07) is 19.8. The van der Waals surface area contributed by atoms with Crippen molar-refractivity contribution >= 4 is 11.8 Å². The van der Waals surface area contributed by atoms with Crippen molar-refractivity contribution in [2.24, 2.45) is 0 Å². The van der Waals surface area contributed by atoms with Gasteiger partial charge in [0.1, 0.15) is 18.4 Å². The van der Waals surface area contributed by atoms with E-state index in [4.69, 9.17) is 9.15 Å². The van der Waals surface area contributed by atoms with Crippen LogP contribution in [0.2, 0.25) is 0 Å². The van der Waals surface area contributed by atoms with Crippen LogP contribution in [0.25, 0.3) is 0 Å². The average Bonchev–Trinajstić information content (AvgIpc) is 3.30. The zero-order valence-corrected chi connectivity index (χ0v) is 17.2. The van der Waals surface area contributed by atoms with Crippen LogP contribution in [0.3, 0.4) is 0 Å². The van der Waals surface area contributed by atoms with Crippen LogP contribution >= 0.6 is 0 Å². The van der Waals surface area contributed by atoms with Crippen LogP contribution in [0.1, 0.15) is 21.7 Å². The van der Waals surface area contributed by atoms with Gasteiger partial charge in [0.15, 0.2) is 5.76 Å². The summed E-state index contributed by atoms with van der Waals surface area (Å²) < 4.78 is 10.9. The largest absolute Gasteiger partial charge is 0.492 e. The normalized spacial score (nSPS) is 11.5. The van der Waals surface area contributed by atoms with Gasteiger partial charge >= 0.3 is 0 Å². The maximum absolute atomic E-state index is 13.1. The molecule has 0 radical (unpaired) electrons. The standard InChI is InChI=1S/C24H26N2O4/c1-18-10-12-20(13-11-18)29-16-14-26(2)24(28)21(17-19-7-4-3-5-8-19)25-23(27)22-9-6-15-30-22/h3-13,15,21H,14,16-17H2,1-2H3,(H,25,27)/t21-/m0/s1. The van der Waals surface area contributed by atoms with Gasteiger partial charge in [-0.25, -0.2) is 0 Å². The van der Waals surface area contributed by atoms with Crippen molar-refractivity contribution in [1.82, 2.24) is 10.2 Å². The molecule has 6 heteroatoms. The molecule has 0 aliphatic rings. The lowest BCUT2D eigenvalue weighted by atomic mass is 10.0. The minimum atomic E-state index is -0.714. The van der Waals surface area contributed by atoms with Crippen molar-refractivity contribution in [2.45, 2.75) is 19.4 Å². The minimum absolute atomic E-state index is 0.172. The van der Waals surface area contributed by atoms with Gasteiger partial charge in [-0.3, -0.25) is 9.59 Å². The number of nitrogens with one attached hydrogen (secondary N) is 1. The second-order valence-corrected chi connectivity index (χ2v) is 7.11. The Kier molecular flexibility index (Phi) is 7.27. The van der Waals surface area contributed by atoms with E-state index in [9.17, 15) is 9.59 Å². The van der Waals surface area contributed by atoms with E-state index in [1.54, 1.807) is 24.1 Å². The third-order valence-electron chi connectivity index (χ3n) is 4.72. The lowest BCUT2D eigenvalue weighted by molar-refractivity contribution is -0.132. The van der Waals surface area contributed by atoms with Gasteiger partial charge in [-0.05, 0) is 36.8 Å².